The molecule has 0 aliphatic carbocycles. The van der Waals surface area contributed by atoms with Gasteiger partial charge in [-0.15, -0.1) is 11.8 Å². The van der Waals surface area contributed by atoms with Crippen LogP contribution < -0.4 is 0 Å². The van der Waals surface area contributed by atoms with E-state index in [0.717, 1.165) is 5.56 Å². The van der Waals surface area contributed by atoms with Gasteiger partial charge in [0.05, 0.1) is 0 Å². The lowest BCUT2D eigenvalue weighted by molar-refractivity contribution is 0.466. The van der Waals surface area contributed by atoms with Crippen molar-refractivity contribution in [3.8, 4) is 5.75 Å². The first-order valence-corrected chi connectivity index (χ1v) is 7.07. The van der Waals surface area contributed by atoms with Crippen molar-refractivity contribution in [1.82, 2.24) is 0 Å². The van der Waals surface area contributed by atoms with Crippen molar-refractivity contribution in [2.24, 2.45) is 0 Å². The largest absolute Gasteiger partial charge is 0.508 e. The second kappa shape index (κ2) is 4.49. The molecule has 2 rings (SSSR count). The van der Waals surface area contributed by atoms with E-state index >= 15 is 0 Å². The number of phenolic OH excluding ortho intramolecular Hbond substituents is 1. The van der Waals surface area contributed by atoms with Crippen LogP contribution in [0.25, 0.3) is 0 Å². The van der Waals surface area contributed by atoms with Crippen LogP contribution >= 0.6 is 23.5 Å². The van der Waals surface area contributed by atoms with Gasteiger partial charge in [-0.3, -0.25) is 0 Å². The Morgan fingerprint density at radius 2 is 2.36 bits per heavy atom. The molecule has 1 fully saturated rings. The number of hydrogen-bond acceptors (Lipinski definition) is 3. The molecule has 1 aromatic carbocycles. The fourth-order valence-electron chi connectivity index (χ4n) is 1.74. The van der Waals surface area contributed by atoms with Crippen molar-refractivity contribution >= 4 is 23.5 Å². The van der Waals surface area contributed by atoms with Gasteiger partial charge in [0.15, 0.2) is 0 Å². The van der Waals surface area contributed by atoms with E-state index in [1.165, 1.54) is 23.5 Å². The van der Waals surface area contributed by atoms with Crippen LogP contribution in [-0.4, -0.2) is 17.1 Å². The summed E-state index contributed by atoms with van der Waals surface area (Å²) < 4.78 is 0. The number of phenols is 1. The van der Waals surface area contributed by atoms with Gasteiger partial charge in [0.25, 0.3) is 0 Å². The van der Waals surface area contributed by atoms with Crippen molar-refractivity contribution in [2.45, 2.75) is 23.0 Å². The van der Waals surface area contributed by atoms with Crippen molar-refractivity contribution in [1.29, 1.82) is 0 Å². The van der Waals surface area contributed by atoms with E-state index in [4.69, 9.17) is 0 Å². The summed E-state index contributed by atoms with van der Waals surface area (Å²) in [6, 6.07) is 5.92. The Hall–Kier alpha value is -0.280. The average Bonchev–Trinajstić information content (AvgIpc) is 2.71. The van der Waals surface area contributed by atoms with E-state index in [-0.39, 0.29) is 0 Å². The molecule has 0 aromatic heterocycles. The third-order valence-electron chi connectivity index (χ3n) is 2.51. The van der Waals surface area contributed by atoms with Crippen LogP contribution in [0.1, 0.15) is 23.7 Å². The maximum Gasteiger partial charge on any atom is 0.119 e. The minimum atomic E-state index is 0.460. The molecule has 1 aliphatic rings. The molecule has 1 aromatic rings. The topological polar surface area (TPSA) is 20.2 Å². The smallest absolute Gasteiger partial charge is 0.119 e. The van der Waals surface area contributed by atoms with Gasteiger partial charge in [0.1, 0.15) is 5.75 Å². The molecule has 3 heteroatoms. The van der Waals surface area contributed by atoms with Gasteiger partial charge in [0.2, 0.25) is 0 Å². The number of benzene rings is 1. The van der Waals surface area contributed by atoms with Gasteiger partial charge in [0, 0.05) is 15.7 Å². The van der Waals surface area contributed by atoms with Crippen LogP contribution in [0.4, 0.5) is 0 Å². The lowest BCUT2D eigenvalue weighted by Crippen LogP contribution is -1.89. The van der Waals surface area contributed by atoms with Gasteiger partial charge < -0.3 is 5.11 Å². The monoisotopic (exact) mass is 226 g/mol. The molecule has 1 atom stereocenters. The van der Waals surface area contributed by atoms with E-state index < -0.39 is 0 Å². The Morgan fingerprint density at radius 1 is 1.50 bits per heavy atom. The maximum absolute atomic E-state index is 9.77. The second-order valence-corrected chi connectivity index (χ2v) is 5.62. The lowest BCUT2D eigenvalue weighted by atomic mass is 10.1. The zero-order valence-electron chi connectivity index (χ0n) is 8.19. The Morgan fingerprint density at radius 3 is 3.00 bits per heavy atom. The summed E-state index contributed by atoms with van der Waals surface area (Å²) in [7, 11) is 0. The Kier molecular flexibility index (Phi) is 3.29. The highest BCUT2D eigenvalue weighted by atomic mass is 32.2. The predicted molar refractivity (Wildman–Crippen MR) is 64.3 cm³/mol. The number of rotatable bonds is 2. The Labute approximate surface area is 93.3 Å². The number of thioether (sulfide) groups is 2. The van der Waals surface area contributed by atoms with Gasteiger partial charge in [-0.25, -0.2) is 0 Å². The zero-order valence-corrected chi connectivity index (χ0v) is 9.83. The highest BCUT2D eigenvalue weighted by Crippen LogP contribution is 2.44. The molecular weight excluding hydrogens is 212 g/mol. The fraction of sp³-hybridized carbons (Fsp3) is 0.455. The molecule has 0 bridgehead atoms. The minimum Gasteiger partial charge on any atom is -0.508 e. The van der Waals surface area contributed by atoms with E-state index in [0.29, 0.717) is 11.0 Å². The van der Waals surface area contributed by atoms with E-state index in [2.05, 4.69) is 12.3 Å². The molecule has 1 aliphatic heterocycles. The molecule has 1 nitrogen and oxygen atoms in total. The van der Waals surface area contributed by atoms with Crippen molar-refractivity contribution in [3.05, 3.63) is 23.8 Å². The first kappa shape index (κ1) is 10.2. The van der Waals surface area contributed by atoms with Gasteiger partial charge >= 0.3 is 0 Å². The summed E-state index contributed by atoms with van der Waals surface area (Å²) in [6.45, 7) is 0. The quantitative estimate of drug-likeness (QED) is 0.777. The van der Waals surface area contributed by atoms with Gasteiger partial charge in [-0.1, -0.05) is 0 Å². The summed E-state index contributed by atoms with van der Waals surface area (Å²) in [5.74, 6) is 1.69. The third kappa shape index (κ3) is 2.04. The van der Waals surface area contributed by atoms with Gasteiger partial charge in [-0.05, 0) is 43.0 Å². The zero-order chi connectivity index (χ0) is 9.97. The molecular formula is C11H14OS2. The van der Waals surface area contributed by atoms with Crippen molar-refractivity contribution in [2.75, 3.05) is 12.0 Å². The summed E-state index contributed by atoms with van der Waals surface area (Å²) >= 11 is 3.69. The SMILES string of the molecule is CSc1ccc(O)c(C2CCCS2)c1. The van der Waals surface area contributed by atoms with Crippen LogP contribution in [0.3, 0.4) is 0 Å². The highest BCUT2D eigenvalue weighted by Gasteiger charge is 2.20. The second-order valence-electron chi connectivity index (χ2n) is 3.43. The van der Waals surface area contributed by atoms with Crippen LogP contribution in [0.2, 0.25) is 0 Å². The maximum atomic E-state index is 9.77. The lowest BCUT2D eigenvalue weighted by Gasteiger charge is -2.12. The van der Waals surface area contributed by atoms with Crippen molar-refractivity contribution in [3.63, 3.8) is 0 Å². The number of hydrogen-bond donors (Lipinski definition) is 1. The van der Waals surface area contributed by atoms with Crippen molar-refractivity contribution < 1.29 is 5.11 Å². The molecule has 0 radical (unpaired) electrons. The molecule has 1 N–H and O–H groups in total. The molecule has 0 saturated carbocycles. The summed E-state index contributed by atoms with van der Waals surface area (Å²) in [6.07, 6.45) is 4.55. The minimum absolute atomic E-state index is 0.460. The molecule has 14 heavy (non-hydrogen) atoms. The van der Waals surface area contributed by atoms with E-state index in [9.17, 15) is 5.11 Å². The normalized spacial score (nSPS) is 21.4. The summed E-state index contributed by atoms with van der Waals surface area (Å²) in [5, 5.41) is 10.3. The molecule has 0 amide bonds. The van der Waals surface area contributed by atoms with Crippen LogP contribution in [0.5, 0.6) is 5.75 Å². The number of aromatic hydroxyl groups is 1. The van der Waals surface area contributed by atoms with Crippen LogP contribution in [0.15, 0.2) is 23.1 Å². The fourth-order valence-corrected chi connectivity index (χ4v) is 3.51. The molecule has 0 spiro atoms. The third-order valence-corrected chi connectivity index (χ3v) is 4.65. The standard InChI is InChI=1S/C11H14OS2/c1-13-8-4-5-10(12)9(7-8)11-3-2-6-14-11/h4-5,7,11-12H,2-3,6H2,1H3. The van der Waals surface area contributed by atoms with Crippen LogP contribution in [0, 0.1) is 0 Å². The summed E-state index contributed by atoms with van der Waals surface area (Å²) in [5.41, 5.74) is 1.12. The highest BCUT2D eigenvalue weighted by molar-refractivity contribution is 7.99. The van der Waals surface area contributed by atoms with E-state index in [1.54, 1.807) is 11.8 Å². The summed E-state index contributed by atoms with van der Waals surface area (Å²) in [4.78, 5) is 1.24. The average molecular weight is 226 g/mol. The molecule has 1 saturated heterocycles. The van der Waals surface area contributed by atoms with E-state index in [1.807, 2.05) is 23.9 Å². The Bertz CT molecular complexity index is 319. The molecule has 1 unspecified atom stereocenters. The Balaban J connectivity index is 2.29. The van der Waals surface area contributed by atoms with Gasteiger partial charge in [-0.2, -0.15) is 11.8 Å². The molecule has 1 heterocycles. The first-order chi connectivity index (χ1) is 6.81. The molecule has 76 valence electrons. The predicted octanol–water partition coefficient (Wildman–Crippen LogP) is 3.68. The first-order valence-electron chi connectivity index (χ1n) is 4.80. The van der Waals surface area contributed by atoms with Crippen LogP contribution in [-0.2, 0) is 0 Å².